The highest BCUT2D eigenvalue weighted by molar-refractivity contribution is 7.13. The van der Waals surface area contributed by atoms with E-state index in [4.69, 9.17) is 0 Å². The lowest BCUT2D eigenvalue weighted by atomic mass is 9.87. The first-order valence-electron chi connectivity index (χ1n) is 8.01. The number of aromatic nitrogens is 1. The molecule has 130 valence electrons. The van der Waals surface area contributed by atoms with Crippen LogP contribution in [-0.4, -0.2) is 28.8 Å². The van der Waals surface area contributed by atoms with Gasteiger partial charge in [-0.25, -0.2) is 9.78 Å². The molecule has 3 N–H and O–H groups in total. The fraction of sp³-hybridized carbons (Fsp3) is 0.444. The molecule has 0 bridgehead atoms. The average molecular weight is 347 g/mol. The summed E-state index contributed by atoms with van der Waals surface area (Å²) in [7, 11) is 0. The third-order valence-electron chi connectivity index (χ3n) is 3.58. The Hall–Kier alpha value is -1.92. The molecular formula is C18H25N3O2S. The number of carbonyl (C=O) groups is 1. The van der Waals surface area contributed by atoms with Crippen LogP contribution in [0, 0.1) is 12.3 Å². The third-order valence-corrected chi connectivity index (χ3v) is 4.59. The van der Waals surface area contributed by atoms with Gasteiger partial charge in [-0.3, -0.25) is 0 Å². The van der Waals surface area contributed by atoms with E-state index < -0.39 is 0 Å². The minimum Gasteiger partial charge on any atom is -0.393 e. The topological polar surface area (TPSA) is 74.2 Å². The summed E-state index contributed by atoms with van der Waals surface area (Å²) >= 11 is 1.61. The lowest BCUT2D eigenvalue weighted by molar-refractivity contribution is 0.129. The maximum absolute atomic E-state index is 12.0. The van der Waals surface area contributed by atoms with Crippen molar-refractivity contribution in [1.29, 1.82) is 0 Å². The second-order valence-corrected chi connectivity index (χ2v) is 7.75. The lowest BCUT2D eigenvalue weighted by Gasteiger charge is -2.26. The zero-order valence-corrected chi connectivity index (χ0v) is 15.4. The standard InChI is InChI=1S/C18H25N3O2S/c1-12-10-24-16(20-12)14-5-7-15(8-6-14)21-17(23)19-11-18(3,4)9-13(2)22/h5-8,10,13,22H,9,11H2,1-4H3,(H2,19,21,23). The zero-order chi connectivity index (χ0) is 17.7. The second-order valence-electron chi connectivity index (χ2n) is 6.90. The number of thiazole rings is 1. The minimum atomic E-state index is -0.382. The molecule has 5 nitrogen and oxygen atoms in total. The Morgan fingerprint density at radius 1 is 1.33 bits per heavy atom. The fourth-order valence-corrected chi connectivity index (χ4v) is 3.35. The number of aliphatic hydroxyl groups excluding tert-OH is 1. The molecule has 0 saturated heterocycles. The molecule has 6 heteroatoms. The number of nitrogens with zero attached hydrogens (tertiary/aromatic N) is 1. The first-order chi connectivity index (χ1) is 11.2. The predicted molar refractivity (Wildman–Crippen MR) is 99.4 cm³/mol. The summed E-state index contributed by atoms with van der Waals surface area (Å²) in [6.07, 6.45) is 0.252. The number of benzene rings is 1. The highest BCUT2D eigenvalue weighted by Crippen LogP contribution is 2.25. The summed E-state index contributed by atoms with van der Waals surface area (Å²) in [6.45, 7) is 8.27. The van der Waals surface area contributed by atoms with Crippen molar-refractivity contribution in [3.63, 3.8) is 0 Å². The van der Waals surface area contributed by atoms with Crippen LogP contribution in [0.25, 0.3) is 10.6 Å². The van der Waals surface area contributed by atoms with Crippen LogP contribution in [0.3, 0.4) is 0 Å². The Morgan fingerprint density at radius 3 is 2.54 bits per heavy atom. The minimum absolute atomic E-state index is 0.155. The summed E-state index contributed by atoms with van der Waals surface area (Å²) in [5, 5.41) is 18.1. The SMILES string of the molecule is Cc1csc(-c2ccc(NC(=O)NCC(C)(C)CC(C)O)cc2)n1. The zero-order valence-electron chi connectivity index (χ0n) is 14.6. The Balaban J connectivity index is 1.88. The molecule has 2 amide bonds. The van der Waals surface area contributed by atoms with Crippen LogP contribution >= 0.6 is 11.3 Å². The lowest BCUT2D eigenvalue weighted by Crippen LogP contribution is -2.38. The van der Waals surface area contributed by atoms with Crippen LogP contribution < -0.4 is 10.6 Å². The Labute approximate surface area is 147 Å². The van der Waals surface area contributed by atoms with Gasteiger partial charge in [-0.2, -0.15) is 0 Å². The van der Waals surface area contributed by atoms with Crippen LogP contribution in [0.15, 0.2) is 29.6 Å². The van der Waals surface area contributed by atoms with Gasteiger partial charge in [-0.05, 0) is 49.9 Å². The first-order valence-corrected chi connectivity index (χ1v) is 8.89. The van der Waals surface area contributed by atoms with Crippen molar-refractivity contribution < 1.29 is 9.90 Å². The predicted octanol–water partition coefficient (Wildman–Crippen LogP) is 4.04. The first kappa shape index (κ1) is 18.4. The number of amides is 2. The van der Waals surface area contributed by atoms with Crippen molar-refractivity contribution in [2.45, 2.75) is 40.2 Å². The second kappa shape index (κ2) is 7.77. The molecule has 0 saturated carbocycles. The van der Waals surface area contributed by atoms with Crippen LogP contribution in [0.2, 0.25) is 0 Å². The molecule has 1 atom stereocenters. The molecule has 1 heterocycles. The number of hydrogen-bond acceptors (Lipinski definition) is 4. The van der Waals surface area contributed by atoms with Crippen LogP contribution in [0.5, 0.6) is 0 Å². The Morgan fingerprint density at radius 2 is 2.00 bits per heavy atom. The van der Waals surface area contributed by atoms with E-state index in [1.165, 1.54) is 0 Å². The van der Waals surface area contributed by atoms with Gasteiger partial charge in [0.25, 0.3) is 0 Å². The quantitative estimate of drug-likeness (QED) is 0.738. The van der Waals surface area contributed by atoms with Gasteiger partial charge in [0.2, 0.25) is 0 Å². The van der Waals surface area contributed by atoms with E-state index in [1.807, 2.05) is 50.4 Å². The third kappa shape index (κ3) is 5.62. The van der Waals surface area contributed by atoms with Gasteiger partial charge in [0.1, 0.15) is 5.01 Å². The van der Waals surface area contributed by atoms with E-state index in [1.54, 1.807) is 18.3 Å². The summed E-state index contributed by atoms with van der Waals surface area (Å²) in [6, 6.07) is 7.39. The molecule has 2 aromatic rings. The molecule has 0 fully saturated rings. The average Bonchev–Trinajstić information content (AvgIpc) is 2.91. The van der Waals surface area contributed by atoms with Gasteiger partial charge < -0.3 is 15.7 Å². The molecule has 0 aliphatic carbocycles. The smallest absolute Gasteiger partial charge is 0.319 e. The highest BCUT2D eigenvalue weighted by atomic mass is 32.1. The summed E-state index contributed by atoms with van der Waals surface area (Å²) < 4.78 is 0. The van der Waals surface area contributed by atoms with E-state index >= 15 is 0 Å². The number of anilines is 1. The molecule has 1 aromatic carbocycles. The number of hydrogen-bond donors (Lipinski definition) is 3. The van der Waals surface area contributed by atoms with Crippen molar-refractivity contribution >= 4 is 23.1 Å². The van der Waals surface area contributed by atoms with Gasteiger partial charge in [-0.1, -0.05) is 13.8 Å². The van der Waals surface area contributed by atoms with Crippen molar-refractivity contribution in [2.24, 2.45) is 5.41 Å². The fourth-order valence-electron chi connectivity index (χ4n) is 2.55. The van der Waals surface area contributed by atoms with Crippen LogP contribution in [-0.2, 0) is 0 Å². The molecule has 1 unspecified atom stereocenters. The summed E-state index contributed by atoms with van der Waals surface area (Å²) in [4.78, 5) is 16.5. The Kier molecular flexibility index (Phi) is 5.96. The number of aliphatic hydroxyl groups is 1. The summed E-state index contributed by atoms with van der Waals surface area (Å²) in [5.74, 6) is 0. The van der Waals surface area contributed by atoms with E-state index in [0.717, 1.165) is 22.0 Å². The molecule has 0 aliphatic heterocycles. The number of urea groups is 1. The van der Waals surface area contributed by atoms with E-state index in [2.05, 4.69) is 15.6 Å². The van der Waals surface area contributed by atoms with Crippen molar-refractivity contribution in [1.82, 2.24) is 10.3 Å². The van der Waals surface area contributed by atoms with Crippen molar-refractivity contribution in [3.05, 3.63) is 35.3 Å². The maximum atomic E-state index is 12.0. The molecule has 24 heavy (non-hydrogen) atoms. The van der Waals surface area contributed by atoms with Gasteiger partial charge in [-0.15, -0.1) is 11.3 Å². The molecule has 1 aromatic heterocycles. The number of nitrogens with one attached hydrogen (secondary N) is 2. The van der Waals surface area contributed by atoms with Gasteiger partial charge in [0.15, 0.2) is 0 Å². The summed E-state index contributed by atoms with van der Waals surface area (Å²) in [5.41, 5.74) is 2.63. The largest absolute Gasteiger partial charge is 0.393 e. The maximum Gasteiger partial charge on any atom is 0.319 e. The van der Waals surface area contributed by atoms with Gasteiger partial charge in [0.05, 0.1) is 6.10 Å². The van der Waals surface area contributed by atoms with Crippen LogP contribution in [0.1, 0.15) is 32.9 Å². The van der Waals surface area contributed by atoms with E-state index in [9.17, 15) is 9.90 Å². The van der Waals surface area contributed by atoms with Crippen molar-refractivity contribution in [2.75, 3.05) is 11.9 Å². The monoisotopic (exact) mass is 347 g/mol. The normalized spacial score (nSPS) is 12.7. The molecular weight excluding hydrogens is 322 g/mol. The van der Waals surface area contributed by atoms with E-state index in [0.29, 0.717) is 13.0 Å². The molecule has 0 radical (unpaired) electrons. The highest BCUT2D eigenvalue weighted by Gasteiger charge is 2.21. The molecule has 2 rings (SSSR count). The number of carbonyl (C=O) groups excluding carboxylic acids is 1. The van der Waals surface area contributed by atoms with Crippen LogP contribution in [0.4, 0.5) is 10.5 Å². The molecule has 0 spiro atoms. The van der Waals surface area contributed by atoms with Gasteiger partial charge >= 0.3 is 6.03 Å². The van der Waals surface area contributed by atoms with Crippen molar-refractivity contribution in [3.8, 4) is 10.6 Å². The van der Waals surface area contributed by atoms with Gasteiger partial charge in [0, 0.05) is 28.9 Å². The van der Waals surface area contributed by atoms with E-state index in [-0.39, 0.29) is 17.6 Å². The number of aryl methyl sites for hydroxylation is 1. The number of rotatable bonds is 6. The molecule has 0 aliphatic rings. The Bertz CT molecular complexity index is 678.